The Hall–Kier alpha value is -3.32. The molecule has 0 spiro atoms. The van der Waals surface area contributed by atoms with Gasteiger partial charge in [0.25, 0.3) is 5.91 Å². The Kier molecular flexibility index (Phi) is 9.33. The summed E-state index contributed by atoms with van der Waals surface area (Å²) >= 11 is 14.0. The van der Waals surface area contributed by atoms with Crippen molar-refractivity contribution in [2.75, 3.05) is 7.11 Å². The third-order valence-corrected chi connectivity index (χ3v) is 8.05. The lowest BCUT2D eigenvalue weighted by molar-refractivity contribution is -0.142. The molecular weight excluding hydrogens is 553 g/mol. The number of rotatable bonds is 10. The van der Waals surface area contributed by atoms with Crippen LogP contribution in [-0.2, 0) is 17.8 Å². The van der Waals surface area contributed by atoms with Crippen molar-refractivity contribution in [2.45, 2.75) is 38.8 Å². The van der Waals surface area contributed by atoms with Gasteiger partial charge in [0.15, 0.2) is 0 Å². The molecule has 3 aromatic carbocycles. The molecule has 8 heteroatoms. The van der Waals surface area contributed by atoms with Gasteiger partial charge < -0.3 is 14.7 Å². The number of hydrogen-bond donors (Lipinski definition) is 1. The molecule has 1 heterocycles. The quantitative estimate of drug-likeness (QED) is 0.205. The zero-order chi connectivity index (χ0) is 28.1. The Morgan fingerprint density at radius 1 is 0.974 bits per heavy atom. The summed E-state index contributed by atoms with van der Waals surface area (Å²) in [6, 6.07) is 20.8. The standard InChI is InChI=1S/C31H29Cl2NO4S/c1-19(2)21-9-12-28(38-3)25(16-21)23-13-14-39-29(23)18-34(30(35)24-11-10-22(32)17-26(24)33)27(31(36)37)15-20-7-5-4-6-8-20/h4-14,16-17,19,27H,15,18H2,1-3H3,(H,36,37). The summed E-state index contributed by atoms with van der Waals surface area (Å²) in [4.78, 5) is 28.9. The number of nitrogens with zero attached hydrogens (tertiary/aromatic N) is 1. The molecule has 202 valence electrons. The number of thiophene rings is 1. The Bertz CT molecular complexity index is 1470. The van der Waals surface area contributed by atoms with Crippen molar-refractivity contribution in [2.24, 2.45) is 0 Å². The highest BCUT2D eigenvalue weighted by Gasteiger charge is 2.33. The number of halogens is 2. The minimum absolute atomic E-state index is 0.0731. The molecule has 0 radical (unpaired) electrons. The van der Waals surface area contributed by atoms with Crippen molar-refractivity contribution in [3.05, 3.63) is 110 Å². The molecule has 5 nitrogen and oxygen atoms in total. The molecule has 39 heavy (non-hydrogen) atoms. The lowest BCUT2D eigenvalue weighted by Crippen LogP contribution is -2.46. The Labute approximate surface area is 242 Å². The van der Waals surface area contributed by atoms with Gasteiger partial charge in [-0.2, -0.15) is 0 Å². The SMILES string of the molecule is COc1ccc(C(C)C)cc1-c1ccsc1CN(C(=O)c1ccc(Cl)cc1Cl)C(Cc1ccccc1)C(=O)O. The second-order valence-corrected chi connectivity index (χ2v) is 11.3. The van der Waals surface area contributed by atoms with Crippen LogP contribution in [0.2, 0.25) is 10.0 Å². The summed E-state index contributed by atoms with van der Waals surface area (Å²) in [5.74, 6) is -0.571. The van der Waals surface area contributed by atoms with E-state index in [0.29, 0.717) is 16.7 Å². The zero-order valence-electron chi connectivity index (χ0n) is 21.9. The van der Waals surface area contributed by atoms with Crippen molar-refractivity contribution in [3.8, 4) is 16.9 Å². The van der Waals surface area contributed by atoms with Gasteiger partial charge in [-0.15, -0.1) is 11.3 Å². The Morgan fingerprint density at radius 2 is 1.72 bits per heavy atom. The van der Waals surface area contributed by atoms with E-state index in [2.05, 4.69) is 19.9 Å². The second kappa shape index (κ2) is 12.7. The van der Waals surface area contributed by atoms with Crippen LogP contribution in [0.3, 0.4) is 0 Å². The van der Waals surface area contributed by atoms with Crippen molar-refractivity contribution >= 4 is 46.4 Å². The smallest absolute Gasteiger partial charge is 0.326 e. The molecule has 0 saturated carbocycles. The summed E-state index contributed by atoms with van der Waals surface area (Å²) in [5.41, 5.74) is 3.94. The fourth-order valence-corrected chi connectivity index (χ4v) is 5.84. The van der Waals surface area contributed by atoms with Gasteiger partial charge in [0, 0.05) is 27.4 Å². The topological polar surface area (TPSA) is 66.8 Å². The average molecular weight is 583 g/mol. The van der Waals surface area contributed by atoms with E-state index in [1.807, 2.05) is 53.9 Å². The van der Waals surface area contributed by atoms with E-state index in [1.165, 1.54) is 28.4 Å². The van der Waals surface area contributed by atoms with Crippen LogP contribution < -0.4 is 4.74 Å². The molecule has 0 saturated heterocycles. The summed E-state index contributed by atoms with van der Waals surface area (Å²) in [7, 11) is 1.62. The summed E-state index contributed by atoms with van der Waals surface area (Å²) in [6.45, 7) is 4.32. The second-order valence-electron chi connectivity index (χ2n) is 9.47. The van der Waals surface area contributed by atoms with E-state index in [1.54, 1.807) is 13.2 Å². The third kappa shape index (κ3) is 6.64. The van der Waals surface area contributed by atoms with Gasteiger partial charge in [-0.25, -0.2) is 4.79 Å². The molecule has 1 unspecified atom stereocenters. The molecule has 1 aromatic heterocycles. The minimum Gasteiger partial charge on any atom is -0.496 e. The largest absolute Gasteiger partial charge is 0.496 e. The average Bonchev–Trinajstić information content (AvgIpc) is 3.38. The number of benzene rings is 3. The van der Waals surface area contributed by atoms with Crippen LogP contribution >= 0.6 is 34.5 Å². The van der Waals surface area contributed by atoms with E-state index in [9.17, 15) is 14.7 Å². The predicted molar refractivity (Wildman–Crippen MR) is 158 cm³/mol. The number of aliphatic carboxylic acids is 1. The maximum absolute atomic E-state index is 14.0. The third-order valence-electron chi connectivity index (χ3n) is 6.60. The predicted octanol–water partition coefficient (Wildman–Crippen LogP) is 8.19. The van der Waals surface area contributed by atoms with Crippen molar-refractivity contribution in [3.63, 3.8) is 0 Å². The molecule has 0 fully saturated rings. The summed E-state index contributed by atoms with van der Waals surface area (Å²) in [6.07, 6.45) is 0.139. The van der Waals surface area contributed by atoms with Crippen LogP contribution in [0, 0.1) is 0 Å². The maximum atomic E-state index is 14.0. The number of amides is 1. The van der Waals surface area contributed by atoms with Gasteiger partial charge in [-0.1, -0.05) is 73.4 Å². The fourth-order valence-electron chi connectivity index (χ4n) is 4.46. The number of carbonyl (C=O) groups is 2. The van der Waals surface area contributed by atoms with E-state index >= 15 is 0 Å². The normalized spacial score (nSPS) is 11.8. The number of carboxylic acid groups (broad SMARTS) is 1. The van der Waals surface area contributed by atoms with E-state index in [-0.39, 0.29) is 23.6 Å². The molecule has 4 rings (SSSR count). The molecule has 0 bridgehead atoms. The monoisotopic (exact) mass is 581 g/mol. The van der Waals surface area contributed by atoms with Crippen molar-refractivity contribution in [1.29, 1.82) is 0 Å². The Morgan fingerprint density at radius 3 is 2.36 bits per heavy atom. The van der Waals surface area contributed by atoms with Crippen molar-refractivity contribution in [1.82, 2.24) is 4.90 Å². The van der Waals surface area contributed by atoms with Crippen molar-refractivity contribution < 1.29 is 19.4 Å². The maximum Gasteiger partial charge on any atom is 0.326 e. The van der Waals surface area contributed by atoms with E-state index in [0.717, 1.165) is 27.1 Å². The van der Waals surface area contributed by atoms with E-state index in [4.69, 9.17) is 27.9 Å². The molecule has 0 aliphatic carbocycles. The van der Waals surface area contributed by atoms with Crippen LogP contribution in [0.4, 0.5) is 0 Å². The van der Waals surface area contributed by atoms with Crippen LogP contribution in [0.15, 0.2) is 78.2 Å². The Balaban J connectivity index is 1.80. The zero-order valence-corrected chi connectivity index (χ0v) is 24.2. The molecule has 1 N–H and O–H groups in total. The molecule has 0 aliphatic heterocycles. The summed E-state index contributed by atoms with van der Waals surface area (Å²) in [5, 5.41) is 12.8. The minimum atomic E-state index is -1.13. The van der Waals surface area contributed by atoms with Gasteiger partial charge in [0.05, 0.1) is 24.2 Å². The van der Waals surface area contributed by atoms with Crippen LogP contribution in [0.1, 0.15) is 46.1 Å². The number of methoxy groups -OCH3 is 1. The molecule has 1 amide bonds. The lowest BCUT2D eigenvalue weighted by Gasteiger charge is -2.30. The number of carboxylic acids is 1. The highest BCUT2D eigenvalue weighted by Crippen LogP contribution is 2.38. The number of hydrogen-bond acceptors (Lipinski definition) is 4. The van der Waals surface area contributed by atoms with Crippen LogP contribution in [0.25, 0.3) is 11.1 Å². The molecule has 0 aliphatic rings. The highest BCUT2D eigenvalue weighted by molar-refractivity contribution is 7.10. The van der Waals surface area contributed by atoms with Gasteiger partial charge in [-0.05, 0) is 58.8 Å². The van der Waals surface area contributed by atoms with Gasteiger partial charge >= 0.3 is 5.97 Å². The van der Waals surface area contributed by atoms with Gasteiger partial charge in [0.2, 0.25) is 0 Å². The first-order valence-electron chi connectivity index (χ1n) is 12.5. The molecule has 1 atom stereocenters. The highest BCUT2D eigenvalue weighted by atomic mass is 35.5. The number of carbonyl (C=O) groups excluding carboxylic acids is 1. The van der Waals surface area contributed by atoms with Gasteiger partial charge in [-0.3, -0.25) is 4.79 Å². The van der Waals surface area contributed by atoms with Crippen LogP contribution in [-0.4, -0.2) is 35.0 Å². The lowest BCUT2D eigenvalue weighted by atomic mass is 9.96. The molecule has 4 aromatic rings. The van der Waals surface area contributed by atoms with Gasteiger partial charge in [0.1, 0.15) is 11.8 Å². The van der Waals surface area contributed by atoms with E-state index < -0.39 is 17.9 Å². The molecular formula is C31H29Cl2NO4S. The summed E-state index contributed by atoms with van der Waals surface area (Å²) < 4.78 is 5.67. The fraction of sp³-hybridized carbons (Fsp3) is 0.226. The number of ether oxygens (including phenoxy) is 1. The first kappa shape index (κ1) is 28.7. The van der Waals surface area contributed by atoms with Crippen LogP contribution in [0.5, 0.6) is 5.75 Å². The first-order valence-corrected chi connectivity index (χ1v) is 14.1. The first-order chi connectivity index (χ1) is 18.7.